The van der Waals surface area contributed by atoms with E-state index in [2.05, 4.69) is 54.7 Å². The van der Waals surface area contributed by atoms with Crippen molar-refractivity contribution >= 4 is 10.8 Å². The van der Waals surface area contributed by atoms with Gasteiger partial charge in [-0.1, -0.05) is 42.5 Å². The minimum atomic E-state index is 0.217. The zero-order valence-electron chi connectivity index (χ0n) is 11.5. The average Bonchev–Trinajstić information content (AvgIpc) is 2.46. The summed E-state index contributed by atoms with van der Waals surface area (Å²) >= 11 is 0. The van der Waals surface area contributed by atoms with Crippen molar-refractivity contribution < 1.29 is 4.74 Å². The van der Waals surface area contributed by atoms with Crippen molar-refractivity contribution in [3.05, 3.63) is 48.0 Å². The van der Waals surface area contributed by atoms with E-state index < -0.39 is 0 Å². The van der Waals surface area contributed by atoms with Crippen LogP contribution in [-0.2, 0) is 11.3 Å². The first-order chi connectivity index (χ1) is 9.27. The lowest BCUT2D eigenvalue weighted by Crippen LogP contribution is -2.46. The fourth-order valence-electron chi connectivity index (χ4n) is 2.75. The molecule has 1 saturated heterocycles. The molecule has 1 N–H and O–H groups in total. The molecule has 0 aliphatic carbocycles. The first kappa shape index (κ1) is 12.6. The molecule has 0 bridgehead atoms. The summed E-state index contributed by atoms with van der Waals surface area (Å²) in [6.45, 7) is 4.98. The molecule has 2 aromatic carbocycles. The summed E-state index contributed by atoms with van der Waals surface area (Å²) in [4.78, 5) is 0. The topological polar surface area (TPSA) is 21.3 Å². The van der Waals surface area contributed by atoms with E-state index in [-0.39, 0.29) is 5.54 Å². The van der Waals surface area contributed by atoms with E-state index in [1.165, 1.54) is 16.3 Å². The van der Waals surface area contributed by atoms with Gasteiger partial charge in [-0.15, -0.1) is 0 Å². The van der Waals surface area contributed by atoms with Gasteiger partial charge in [0.05, 0.1) is 0 Å². The number of ether oxygens (including phenoxy) is 1. The van der Waals surface area contributed by atoms with Gasteiger partial charge in [-0.2, -0.15) is 0 Å². The van der Waals surface area contributed by atoms with Crippen LogP contribution < -0.4 is 5.32 Å². The Bertz CT molecular complexity index is 553. The molecule has 2 heteroatoms. The highest BCUT2D eigenvalue weighted by atomic mass is 16.5. The molecule has 2 nitrogen and oxygen atoms in total. The number of nitrogens with one attached hydrogen (secondary N) is 1. The predicted octanol–water partition coefficient (Wildman–Crippen LogP) is 3.50. The summed E-state index contributed by atoms with van der Waals surface area (Å²) < 4.78 is 5.45. The van der Waals surface area contributed by atoms with Gasteiger partial charge in [0.25, 0.3) is 0 Å². The Hall–Kier alpha value is -1.38. The van der Waals surface area contributed by atoms with E-state index in [1.54, 1.807) is 0 Å². The first-order valence-corrected chi connectivity index (χ1v) is 7.06. The Balaban J connectivity index is 1.78. The second-order valence-electron chi connectivity index (χ2n) is 5.66. The molecule has 19 heavy (non-hydrogen) atoms. The molecule has 0 unspecified atom stereocenters. The molecule has 0 spiro atoms. The lowest BCUT2D eigenvalue weighted by Gasteiger charge is -2.34. The molecular formula is C17H21NO. The highest BCUT2D eigenvalue weighted by molar-refractivity contribution is 5.85. The van der Waals surface area contributed by atoms with Gasteiger partial charge in [-0.3, -0.25) is 0 Å². The van der Waals surface area contributed by atoms with Crippen molar-refractivity contribution in [3.63, 3.8) is 0 Å². The van der Waals surface area contributed by atoms with E-state index in [0.717, 1.165) is 32.6 Å². The molecule has 100 valence electrons. The molecule has 0 radical (unpaired) electrons. The zero-order valence-corrected chi connectivity index (χ0v) is 11.5. The van der Waals surface area contributed by atoms with E-state index >= 15 is 0 Å². The summed E-state index contributed by atoms with van der Waals surface area (Å²) in [6.07, 6.45) is 2.19. The molecule has 0 aromatic heterocycles. The molecule has 0 atom stereocenters. The van der Waals surface area contributed by atoms with Crippen molar-refractivity contribution in [2.75, 3.05) is 13.2 Å². The second kappa shape index (κ2) is 5.32. The lowest BCUT2D eigenvalue weighted by atomic mass is 9.92. The summed E-state index contributed by atoms with van der Waals surface area (Å²) in [7, 11) is 0. The van der Waals surface area contributed by atoms with Gasteiger partial charge in [0.15, 0.2) is 0 Å². The van der Waals surface area contributed by atoms with Crippen LogP contribution in [0.1, 0.15) is 25.3 Å². The minimum absolute atomic E-state index is 0.217. The molecule has 0 amide bonds. The maximum Gasteiger partial charge on any atom is 0.0483 e. The SMILES string of the molecule is CC1(NCc2cccc3ccccc23)CCOCC1. The number of hydrogen-bond acceptors (Lipinski definition) is 2. The molecule has 1 aliphatic heterocycles. The minimum Gasteiger partial charge on any atom is -0.381 e. The third kappa shape index (κ3) is 2.80. The van der Waals surface area contributed by atoms with Gasteiger partial charge in [0, 0.05) is 25.3 Å². The first-order valence-electron chi connectivity index (χ1n) is 7.06. The fourth-order valence-corrected chi connectivity index (χ4v) is 2.75. The van der Waals surface area contributed by atoms with Crippen LogP contribution in [0.2, 0.25) is 0 Å². The fraction of sp³-hybridized carbons (Fsp3) is 0.412. The maximum absolute atomic E-state index is 5.45. The number of hydrogen-bond donors (Lipinski definition) is 1. The Morgan fingerprint density at radius 3 is 2.63 bits per heavy atom. The summed E-state index contributed by atoms with van der Waals surface area (Å²) in [5.74, 6) is 0. The van der Waals surface area contributed by atoms with Gasteiger partial charge in [0.1, 0.15) is 0 Å². The molecule has 1 fully saturated rings. The largest absolute Gasteiger partial charge is 0.381 e. The standard InChI is InChI=1S/C17H21NO/c1-17(9-11-19-12-10-17)18-13-15-7-4-6-14-5-2-3-8-16(14)15/h2-8,18H,9-13H2,1H3. The smallest absolute Gasteiger partial charge is 0.0483 e. The second-order valence-corrected chi connectivity index (χ2v) is 5.66. The van der Waals surface area contributed by atoms with Crippen molar-refractivity contribution in [2.24, 2.45) is 0 Å². The van der Waals surface area contributed by atoms with E-state index in [9.17, 15) is 0 Å². The van der Waals surface area contributed by atoms with Crippen LogP contribution in [0.5, 0.6) is 0 Å². The summed E-state index contributed by atoms with van der Waals surface area (Å²) in [5, 5.41) is 6.40. The Morgan fingerprint density at radius 2 is 1.79 bits per heavy atom. The molecule has 1 heterocycles. The lowest BCUT2D eigenvalue weighted by molar-refractivity contribution is 0.0446. The van der Waals surface area contributed by atoms with Crippen LogP contribution >= 0.6 is 0 Å². The van der Waals surface area contributed by atoms with E-state index in [1.807, 2.05) is 0 Å². The monoisotopic (exact) mass is 255 g/mol. The molecule has 0 saturated carbocycles. The highest BCUT2D eigenvalue weighted by Crippen LogP contribution is 2.23. The van der Waals surface area contributed by atoms with E-state index in [0.29, 0.717) is 0 Å². The van der Waals surface area contributed by atoms with E-state index in [4.69, 9.17) is 4.74 Å². The Kier molecular flexibility index (Phi) is 3.54. The van der Waals surface area contributed by atoms with Crippen molar-refractivity contribution in [1.82, 2.24) is 5.32 Å². The van der Waals surface area contributed by atoms with Gasteiger partial charge >= 0.3 is 0 Å². The van der Waals surface area contributed by atoms with Gasteiger partial charge < -0.3 is 10.1 Å². The van der Waals surface area contributed by atoms with Crippen LogP contribution in [0.25, 0.3) is 10.8 Å². The van der Waals surface area contributed by atoms with Crippen molar-refractivity contribution in [1.29, 1.82) is 0 Å². The zero-order chi connectivity index (χ0) is 13.1. The molecular weight excluding hydrogens is 234 g/mol. The number of fused-ring (bicyclic) bond motifs is 1. The average molecular weight is 255 g/mol. The van der Waals surface area contributed by atoms with Crippen molar-refractivity contribution in [2.45, 2.75) is 31.8 Å². The van der Waals surface area contributed by atoms with Gasteiger partial charge in [0.2, 0.25) is 0 Å². The van der Waals surface area contributed by atoms with Crippen LogP contribution in [-0.4, -0.2) is 18.8 Å². The molecule has 3 rings (SSSR count). The van der Waals surface area contributed by atoms with Crippen LogP contribution in [0.4, 0.5) is 0 Å². The highest BCUT2D eigenvalue weighted by Gasteiger charge is 2.26. The Labute approximate surface area is 114 Å². The van der Waals surface area contributed by atoms with Crippen LogP contribution in [0, 0.1) is 0 Å². The third-order valence-corrected chi connectivity index (χ3v) is 4.18. The van der Waals surface area contributed by atoms with Crippen LogP contribution in [0.3, 0.4) is 0 Å². The summed E-state index contributed by atoms with van der Waals surface area (Å²) in [5.41, 5.74) is 1.60. The Morgan fingerprint density at radius 1 is 1.05 bits per heavy atom. The number of rotatable bonds is 3. The van der Waals surface area contributed by atoms with Crippen molar-refractivity contribution in [3.8, 4) is 0 Å². The normalized spacial score (nSPS) is 18.6. The predicted molar refractivity (Wildman–Crippen MR) is 79.2 cm³/mol. The van der Waals surface area contributed by atoms with Gasteiger partial charge in [-0.05, 0) is 36.1 Å². The van der Waals surface area contributed by atoms with Gasteiger partial charge in [-0.25, -0.2) is 0 Å². The van der Waals surface area contributed by atoms with Crippen LogP contribution in [0.15, 0.2) is 42.5 Å². The number of benzene rings is 2. The molecule has 1 aliphatic rings. The quantitative estimate of drug-likeness (QED) is 0.906. The molecule has 2 aromatic rings. The summed E-state index contributed by atoms with van der Waals surface area (Å²) in [6, 6.07) is 15.1. The maximum atomic E-state index is 5.45. The third-order valence-electron chi connectivity index (χ3n) is 4.18.